The molecule has 1 aromatic rings. The molecule has 4 nitrogen and oxygen atoms in total. The summed E-state index contributed by atoms with van der Waals surface area (Å²) >= 11 is 1.54. The van der Waals surface area contributed by atoms with Gasteiger partial charge in [-0.15, -0.1) is 11.8 Å². The minimum absolute atomic E-state index is 0.510. The van der Waals surface area contributed by atoms with Crippen LogP contribution in [0.25, 0.3) is 0 Å². The van der Waals surface area contributed by atoms with Crippen molar-refractivity contribution in [2.75, 3.05) is 6.61 Å². The molecule has 0 bridgehead atoms. The van der Waals surface area contributed by atoms with Crippen molar-refractivity contribution >= 4 is 17.7 Å². The van der Waals surface area contributed by atoms with Gasteiger partial charge in [-0.25, -0.2) is 0 Å². The summed E-state index contributed by atoms with van der Waals surface area (Å²) in [6, 6.07) is 6.94. The van der Waals surface area contributed by atoms with Crippen LogP contribution in [0.1, 0.15) is 26.3 Å². The average Bonchev–Trinajstić information content (AvgIpc) is 2.37. The van der Waals surface area contributed by atoms with Gasteiger partial charge in [0.1, 0.15) is 11.8 Å². The number of carboxylic acids is 1. The summed E-state index contributed by atoms with van der Waals surface area (Å²) in [7, 11) is 0. The summed E-state index contributed by atoms with van der Waals surface area (Å²) in [5, 5.41) is 8.96. The number of hydrogen-bond acceptors (Lipinski definition) is 4. The fraction of sp³-hybridized carbons (Fsp3) is 0.500. The molecule has 1 rings (SSSR count). The maximum atomic E-state index is 10.9. The van der Waals surface area contributed by atoms with Crippen LogP contribution < -0.4 is 10.5 Å². The van der Waals surface area contributed by atoms with Gasteiger partial charge in [0.25, 0.3) is 0 Å². The smallest absolute Gasteiger partial charge is 0.321 e. The summed E-state index contributed by atoms with van der Waals surface area (Å²) in [6.45, 7) is 6.30. The van der Waals surface area contributed by atoms with Crippen molar-refractivity contribution in [1.82, 2.24) is 0 Å². The van der Waals surface area contributed by atoms with Crippen LogP contribution in [0.15, 0.2) is 24.3 Å². The van der Waals surface area contributed by atoms with Crippen molar-refractivity contribution in [2.45, 2.75) is 37.3 Å². The van der Waals surface area contributed by atoms with Crippen LogP contribution in [0, 0.1) is 0 Å². The Labute approximate surface area is 118 Å². The number of ether oxygens (including phenoxy) is 1. The lowest BCUT2D eigenvalue weighted by molar-refractivity contribution is -0.139. The van der Waals surface area contributed by atoms with Crippen LogP contribution in [0.3, 0.4) is 0 Å². The van der Waals surface area contributed by atoms with Crippen molar-refractivity contribution < 1.29 is 14.6 Å². The Morgan fingerprint density at radius 1 is 1.42 bits per heavy atom. The lowest BCUT2D eigenvalue weighted by atomic mass is 10.1. The van der Waals surface area contributed by atoms with Gasteiger partial charge < -0.3 is 15.6 Å². The van der Waals surface area contributed by atoms with Gasteiger partial charge >= 0.3 is 5.97 Å². The SMILES string of the molecule is CCOc1ccc(CSC(C)(C)[C@H](N)C(=O)O)cc1. The highest BCUT2D eigenvalue weighted by Crippen LogP contribution is 2.31. The van der Waals surface area contributed by atoms with Crippen molar-refractivity contribution in [3.05, 3.63) is 29.8 Å². The maximum absolute atomic E-state index is 10.9. The highest BCUT2D eigenvalue weighted by molar-refractivity contribution is 7.99. The van der Waals surface area contributed by atoms with E-state index < -0.39 is 16.8 Å². The third-order valence-corrected chi connectivity index (χ3v) is 4.34. The first-order valence-electron chi connectivity index (χ1n) is 6.21. The monoisotopic (exact) mass is 283 g/mol. The fourth-order valence-electron chi connectivity index (χ4n) is 1.51. The molecule has 0 unspecified atom stereocenters. The number of thioether (sulfide) groups is 1. The molecule has 0 spiro atoms. The van der Waals surface area contributed by atoms with Gasteiger partial charge in [-0.2, -0.15) is 0 Å². The molecule has 0 aromatic heterocycles. The fourth-order valence-corrected chi connectivity index (χ4v) is 2.52. The zero-order valence-corrected chi connectivity index (χ0v) is 12.4. The zero-order chi connectivity index (χ0) is 14.5. The third kappa shape index (κ3) is 4.76. The van der Waals surface area contributed by atoms with E-state index in [0.717, 1.165) is 17.1 Å². The molecule has 0 aliphatic heterocycles. The Bertz CT molecular complexity index is 417. The molecular formula is C14H21NO3S. The summed E-state index contributed by atoms with van der Waals surface area (Å²) in [6.07, 6.45) is 0. The van der Waals surface area contributed by atoms with Crippen LogP contribution in [-0.4, -0.2) is 28.5 Å². The predicted molar refractivity (Wildman–Crippen MR) is 78.6 cm³/mol. The summed E-state index contributed by atoms with van der Waals surface area (Å²) in [5.41, 5.74) is 6.81. The number of aliphatic carboxylic acids is 1. The number of benzene rings is 1. The quantitative estimate of drug-likeness (QED) is 0.804. The van der Waals surface area contributed by atoms with Crippen LogP contribution in [0.5, 0.6) is 5.75 Å². The van der Waals surface area contributed by atoms with E-state index in [9.17, 15) is 4.79 Å². The lowest BCUT2D eigenvalue weighted by Gasteiger charge is -2.28. The van der Waals surface area contributed by atoms with E-state index in [1.807, 2.05) is 45.0 Å². The minimum atomic E-state index is -0.968. The zero-order valence-electron chi connectivity index (χ0n) is 11.6. The van der Waals surface area contributed by atoms with Gasteiger partial charge in [0.15, 0.2) is 0 Å². The van der Waals surface area contributed by atoms with Crippen LogP contribution in [0.4, 0.5) is 0 Å². The number of carboxylic acid groups (broad SMARTS) is 1. The van der Waals surface area contributed by atoms with Crippen molar-refractivity contribution in [2.24, 2.45) is 5.73 Å². The van der Waals surface area contributed by atoms with Gasteiger partial charge in [0.05, 0.1) is 6.61 Å². The lowest BCUT2D eigenvalue weighted by Crippen LogP contribution is -2.46. The number of hydrogen-bond donors (Lipinski definition) is 2. The molecule has 1 atom stereocenters. The average molecular weight is 283 g/mol. The molecule has 5 heteroatoms. The molecule has 0 saturated heterocycles. The van der Waals surface area contributed by atoms with E-state index in [2.05, 4.69) is 0 Å². The molecule has 0 aliphatic carbocycles. The molecule has 0 radical (unpaired) electrons. The second-order valence-electron chi connectivity index (χ2n) is 4.78. The molecule has 3 N–H and O–H groups in total. The molecule has 19 heavy (non-hydrogen) atoms. The first kappa shape index (κ1) is 15.9. The molecule has 0 heterocycles. The Hall–Kier alpha value is -1.20. The Morgan fingerprint density at radius 2 is 2.00 bits per heavy atom. The molecule has 0 saturated carbocycles. The molecule has 1 aromatic carbocycles. The third-order valence-electron chi connectivity index (χ3n) is 2.86. The van der Waals surface area contributed by atoms with Crippen LogP contribution in [0.2, 0.25) is 0 Å². The molecule has 0 aliphatic rings. The summed E-state index contributed by atoms with van der Waals surface area (Å²) in [4.78, 5) is 10.9. The normalized spacial score (nSPS) is 13.1. The molecule has 106 valence electrons. The van der Waals surface area contributed by atoms with Crippen LogP contribution in [-0.2, 0) is 10.5 Å². The summed E-state index contributed by atoms with van der Waals surface area (Å²) < 4.78 is 4.86. The molecule has 0 fully saturated rings. The number of rotatable bonds is 7. The second-order valence-corrected chi connectivity index (χ2v) is 6.41. The topological polar surface area (TPSA) is 72.5 Å². The largest absolute Gasteiger partial charge is 0.494 e. The first-order valence-corrected chi connectivity index (χ1v) is 7.19. The Balaban J connectivity index is 2.58. The Morgan fingerprint density at radius 3 is 2.47 bits per heavy atom. The standard InChI is InChI=1S/C14H21NO3S/c1-4-18-11-7-5-10(6-8-11)9-19-14(2,3)12(15)13(16)17/h5-8,12H,4,9,15H2,1-3H3,(H,16,17)/t12-/m1/s1. The van der Waals surface area contributed by atoms with Crippen molar-refractivity contribution in [3.8, 4) is 5.75 Å². The Kier molecular flexibility index (Phi) is 5.69. The van der Waals surface area contributed by atoms with Crippen LogP contribution >= 0.6 is 11.8 Å². The first-order chi connectivity index (χ1) is 8.86. The van der Waals surface area contributed by atoms with Crippen molar-refractivity contribution in [3.63, 3.8) is 0 Å². The molecular weight excluding hydrogens is 262 g/mol. The highest BCUT2D eigenvalue weighted by atomic mass is 32.2. The van der Waals surface area contributed by atoms with E-state index >= 15 is 0 Å². The summed E-state index contributed by atoms with van der Waals surface area (Å²) in [5.74, 6) is 0.599. The van der Waals surface area contributed by atoms with E-state index in [0.29, 0.717) is 6.61 Å². The van der Waals surface area contributed by atoms with Gasteiger partial charge in [0.2, 0.25) is 0 Å². The maximum Gasteiger partial charge on any atom is 0.321 e. The van der Waals surface area contributed by atoms with Gasteiger partial charge in [-0.05, 0) is 38.5 Å². The van der Waals surface area contributed by atoms with Crippen molar-refractivity contribution in [1.29, 1.82) is 0 Å². The number of nitrogens with two attached hydrogens (primary N) is 1. The predicted octanol–water partition coefficient (Wildman–Crippen LogP) is 2.51. The second kappa shape index (κ2) is 6.82. The van der Waals surface area contributed by atoms with Gasteiger partial charge in [0, 0.05) is 10.5 Å². The van der Waals surface area contributed by atoms with E-state index in [4.69, 9.17) is 15.6 Å². The van der Waals surface area contributed by atoms with E-state index in [1.165, 1.54) is 0 Å². The molecule has 0 amide bonds. The van der Waals surface area contributed by atoms with E-state index in [1.54, 1.807) is 11.8 Å². The minimum Gasteiger partial charge on any atom is -0.494 e. The number of carbonyl (C=O) groups is 1. The highest BCUT2D eigenvalue weighted by Gasteiger charge is 2.32. The van der Waals surface area contributed by atoms with Gasteiger partial charge in [-0.1, -0.05) is 12.1 Å². The van der Waals surface area contributed by atoms with E-state index in [-0.39, 0.29) is 0 Å². The van der Waals surface area contributed by atoms with Gasteiger partial charge in [-0.3, -0.25) is 4.79 Å².